The van der Waals surface area contributed by atoms with Crippen molar-refractivity contribution in [2.75, 3.05) is 27.2 Å². The number of carbonyl (C=O) groups excluding carboxylic acids is 1. The third-order valence-electron chi connectivity index (χ3n) is 2.76. The van der Waals surface area contributed by atoms with Gasteiger partial charge in [0.25, 0.3) is 0 Å². The van der Waals surface area contributed by atoms with E-state index in [0.29, 0.717) is 11.8 Å². The van der Waals surface area contributed by atoms with Crippen LogP contribution in [0.3, 0.4) is 0 Å². The predicted molar refractivity (Wildman–Crippen MR) is 58.4 cm³/mol. The third-order valence-corrected chi connectivity index (χ3v) is 2.76. The second-order valence-electron chi connectivity index (χ2n) is 4.42. The van der Waals surface area contributed by atoms with E-state index >= 15 is 0 Å². The fourth-order valence-corrected chi connectivity index (χ4v) is 1.85. The molecule has 0 aliphatic heterocycles. The normalized spacial score (nSPS) is 19.2. The van der Waals surface area contributed by atoms with Gasteiger partial charge in [-0.25, -0.2) is 0 Å². The van der Waals surface area contributed by atoms with E-state index < -0.39 is 0 Å². The monoisotopic (exact) mass is 198 g/mol. The highest BCUT2D eigenvalue weighted by atomic mass is 16.1. The Morgan fingerprint density at radius 1 is 1.36 bits per heavy atom. The van der Waals surface area contributed by atoms with Crippen LogP contribution < -0.4 is 5.32 Å². The summed E-state index contributed by atoms with van der Waals surface area (Å²) in [6.45, 7) is 2.22. The van der Waals surface area contributed by atoms with Crippen molar-refractivity contribution < 1.29 is 4.79 Å². The van der Waals surface area contributed by atoms with Crippen molar-refractivity contribution in [3.05, 3.63) is 0 Å². The number of nitrogens with one attached hydrogen (secondary N) is 1. The van der Waals surface area contributed by atoms with Crippen LogP contribution in [0.15, 0.2) is 0 Å². The molecule has 1 N–H and O–H groups in total. The Hall–Kier alpha value is -0.410. The minimum absolute atomic E-state index is 0.441. The van der Waals surface area contributed by atoms with Crippen LogP contribution in [-0.4, -0.2) is 43.9 Å². The first-order valence-electron chi connectivity index (χ1n) is 5.58. The number of nitrogens with zero attached hydrogens (tertiary/aromatic N) is 1. The first kappa shape index (κ1) is 11.7. The van der Waals surface area contributed by atoms with Gasteiger partial charge in [-0.15, -0.1) is 0 Å². The molecule has 14 heavy (non-hydrogen) atoms. The Balaban J connectivity index is 1.99. The van der Waals surface area contributed by atoms with Crippen molar-refractivity contribution in [3.8, 4) is 0 Å². The molecular weight excluding hydrogens is 176 g/mol. The minimum Gasteiger partial charge on any atom is -0.314 e. The molecule has 1 saturated carbocycles. The quantitative estimate of drug-likeness (QED) is 0.670. The van der Waals surface area contributed by atoms with Gasteiger partial charge < -0.3 is 10.2 Å². The highest BCUT2D eigenvalue weighted by Gasteiger charge is 2.17. The van der Waals surface area contributed by atoms with E-state index in [4.69, 9.17) is 0 Å². The van der Waals surface area contributed by atoms with E-state index in [1.54, 1.807) is 0 Å². The SMILES string of the molecule is CN(C)CCCNC1CCC(=O)CC1. The zero-order valence-corrected chi connectivity index (χ0v) is 9.38. The zero-order valence-electron chi connectivity index (χ0n) is 9.38. The number of rotatable bonds is 5. The molecule has 3 heteroatoms. The van der Waals surface area contributed by atoms with Gasteiger partial charge in [-0.05, 0) is 46.4 Å². The van der Waals surface area contributed by atoms with Crippen LogP contribution in [0.4, 0.5) is 0 Å². The molecule has 1 rings (SSSR count). The average molecular weight is 198 g/mol. The highest BCUT2D eigenvalue weighted by molar-refractivity contribution is 5.79. The number of hydrogen-bond donors (Lipinski definition) is 1. The molecular formula is C11H22N2O. The second kappa shape index (κ2) is 6.14. The molecule has 3 nitrogen and oxygen atoms in total. The number of Topliss-reactive ketones (excluding diaryl/α,β-unsaturated/α-hetero) is 1. The number of hydrogen-bond acceptors (Lipinski definition) is 3. The van der Waals surface area contributed by atoms with Gasteiger partial charge in [0.05, 0.1) is 0 Å². The molecule has 0 unspecified atom stereocenters. The minimum atomic E-state index is 0.441. The summed E-state index contributed by atoms with van der Waals surface area (Å²) in [5, 5.41) is 3.52. The van der Waals surface area contributed by atoms with E-state index in [0.717, 1.165) is 38.8 Å². The highest BCUT2D eigenvalue weighted by Crippen LogP contribution is 2.14. The molecule has 0 saturated heterocycles. The fraction of sp³-hybridized carbons (Fsp3) is 0.909. The lowest BCUT2D eigenvalue weighted by Gasteiger charge is -2.22. The summed E-state index contributed by atoms with van der Waals surface area (Å²) in [5.41, 5.74) is 0. The van der Waals surface area contributed by atoms with Crippen LogP contribution >= 0.6 is 0 Å². The molecule has 1 aliphatic carbocycles. The van der Waals surface area contributed by atoms with Gasteiger partial charge in [0, 0.05) is 18.9 Å². The molecule has 82 valence electrons. The van der Waals surface area contributed by atoms with Gasteiger partial charge in [0.2, 0.25) is 0 Å². The van der Waals surface area contributed by atoms with Crippen LogP contribution in [0.25, 0.3) is 0 Å². The van der Waals surface area contributed by atoms with Gasteiger partial charge >= 0.3 is 0 Å². The van der Waals surface area contributed by atoms with Gasteiger partial charge in [0.15, 0.2) is 0 Å². The molecule has 0 aromatic heterocycles. The molecule has 0 bridgehead atoms. The van der Waals surface area contributed by atoms with Gasteiger partial charge in [-0.3, -0.25) is 4.79 Å². The summed E-state index contributed by atoms with van der Waals surface area (Å²) >= 11 is 0. The molecule has 1 aliphatic rings. The number of carbonyl (C=O) groups is 1. The molecule has 1 fully saturated rings. The number of ketones is 1. The second-order valence-corrected chi connectivity index (χ2v) is 4.42. The van der Waals surface area contributed by atoms with Crippen LogP contribution in [0.1, 0.15) is 32.1 Å². The van der Waals surface area contributed by atoms with E-state index in [2.05, 4.69) is 24.3 Å². The zero-order chi connectivity index (χ0) is 10.4. The van der Waals surface area contributed by atoms with Crippen molar-refractivity contribution in [1.82, 2.24) is 10.2 Å². The van der Waals surface area contributed by atoms with Crippen molar-refractivity contribution in [2.24, 2.45) is 0 Å². The fourth-order valence-electron chi connectivity index (χ4n) is 1.85. The first-order valence-corrected chi connectivity index (χ1v) is 5.58. The topological polar surface area (TPSA) is 32.3 Å². The van der Waals surface area contributed by atoms with E-state index in [9.17, 15) is 4.79 Å². The lowest BCUT2D eigenvalue weighted by molar-refractivity contribution is -0.120. The van der Waals surface area contributed by atoms with Crippen molar-refractivity contribution >= 4 is 5.78 Å². The van der Waals surface area contributed by atoms with E-state index in [1.807, 2.05) is 0 Å². The van der Waals surface area contributed by atoms with Crippen molar-refractivity contribution in [3.63, 3.8) is 0 Å². The van der Waals surface area contributed by atoms with E-state index in [1.165, 1.54) is 6.42 Å². The molecule has 0 heterocycles. The molecule has 0 amide bonds. The third kappa shape index (κ3) is 4.72. The Morgan fingerprint density at radius 2 is 2.00 bits per heavy atom. The summed E-state index contributed by atoms with van der Waals surface area (Å²) in [6, 6.07) is 0.592. The summed E-state index contributed by atoms with van der Waals surface area (Å²) in [5.74, 6) is 0.441. The lowest BCUT2D eigenvalue weighted by Crippen LogP contribution is -2.34. The van der Waals surface area contributed by atoms with Crippen LogP contribution in [0, 0.1) is 0 Å². The van der Waals surface area contributed by atoms with Crippen LogP contribution in [0.5, 0.6) is 0 Å². The summed E-state index contributed by atoms with van der Waals surface area (Å²) in [7, 11) is 4.19. The van der Waals surface area contributed by atoms with E-state index in [-0.39, 0.29) is 0 Å². The van der Waals surface area contributed by atoms with Gasteiger partial charge in [-0.1, -0.05) is 0 Å². The van der Waals surface area contributed by atoms with Crippen molar-refractivity contribution in [1.29, 1.82) is 0 Å². The lowest BCUT2D eigenvalue weighted by atomic mass is 9.94. The molecule has 0 spiro atoms. The van der Waals surface area contributed by atoms with Crippen molar-refractivity contribution in [2.45, 2.75) is 38.1 Å². The maximum atomic E-state index is 11.0. The predicted octanol–water partition coefficient (Wildman–Crippen LogP) is 1.04. The summed E-state index contributed by atoms with van der Waals surface area (Å²) in [4.78, 5) is 13.2. The smallest absolute Gasteiger partial charge is 0.133 e. The largest absolute Gasteiger partial charge is 0.314 e. The average Bonchev–Trinajstić information content (AvgIpc) is 2.15. The molecule has 0 aromatic carbocycles. The summed E-state index contributed by atoms with van der Waals surface area (Å²) in [6.07, 6.45) is 4.84. The Bertz CT molecular complexity index is 170. The van der Waals surface area contributed by atoms with Crippen LogP contribution in [0.2, 0.25) is 0 Å². The first-order chi connectivity index (χ1) is 6.68. The standard InChI is InChI=1S/C11H22N2O/c1-13(2)9-3-8-12-10-4-6-11(14)7-5-10/h10,12H,3-9H2,1-2H3. The Kier molecular flexibility index (Phi) is 5.12. The maximum Gasteiger partial charge on any atom is 0.133 e. The Morgan fingerprint density at radius 3 is 2.57 bits per heavy atom. The molecule has 0 radical (unpaired) electrons. The van der Waals surface area contributed by atoms with Gasteiger partial charge in [0.1, 0.15) is 5.78 Å². The van der Waals surface area contributed by atoms with Gasteiger partial charge in [-0.2, -0.15) is 0 Å². The summed E-state index contributed by atoms with van der Waals surface area (Å²) < 4.78 is 0. The maximum absolute atomic E-state index is 11.0. The van der Waals surface area contributed by atoms with Crippen LogP contribution in [-0.2, 0) is 4.79 Å². The molecule has 0 aromatic rings. The Labute approximate surface area is 86.9 Å². The molecule has 0 atom stereocenters.